The second-order valence-electron chi connectivity index (χ2n) is 4.95. The first kappa shape index (κ1) is 17.6. The fourth-order valence-corrected chi connectivity index (χ4v) is 3.18. The summed E-state index contributed by atoms with van der Waals surface area (Å²) in [5.41, 5.74) is 0. The number of aliphatic carboxylic acids is 1. The monoisotopic (exact) mass is 318 g/mol. The molecule has 0 fully saturated rings. The molecule has 0 spiro atoms. The van der Waals surface area contributed by atoms with Gasteiger partial charge >= 0.3 is 5.97 Å². The highest BCUT2D eigenvalue weighted by Crippen LogP contribution is 2.15. The Morgan fingerprint density at radius 3 is 2.43 bits per heavy atom. The van der Waals surface area contributed by atoms with Crippen LogP contribution in [0.1, 0.15) is 12.7 Å². The lowest BCUT2D eigenvalue weighted by molar-refractivity contribution is -0.137. The fourth-order valence-electron chi connectivity index (χ4n) is 1.80. The molecule has 0 unspecified atom stereocenters. The zero-order chi connectivity index (χ0) is 16.2. The third-order valence-corrected chi connectivity index (χ3v) is 4.72. The molecular formula is C12H22N4O4S. The third kappa shape index (κ3) is 4.51. The number of aromatic nitrogens is 2. The number of carbonyl (C=O) groups is 1. The van der Waals surface area contributed by atoms with Crippen molar-refractivity contribution in [2.75, 3.05) is 33.7 Å². The van der Waals surface area contributed by atoms with E-state index in [-0.39, 0.29) is 11.6 Å². The number of sulfonamides is 1. The van der Waals surface area contributed by atoms with Crippen molar-refractivity contribution in [1.82, 2.24) is 18.8 Å². The number of carboxylic acids is 1. The molecule has 1 heterocycles. The summed E-state index contributed by atoms with van der Waals surface area (Å²) < 4.78 is 27.7. The summed E-state index contributed by atoms with van der Waals surface area (Å²) in [6.07, 6.45) is 1.44. The van der Waals surface area contributed by atoms with Crippen molar-refractivity contribution in [2.45, 2.75) is 25.4 Å². The molecule has 0 amide bonds. The van der Waals surface area contributed by atoms with Crippen LogP contribution in [0.25, 0.3) is 0 Å². The minimum Gasteiger partial charge on any atom is -0.480 e. The van der Waals surface area contributed by atoms with E-state index >= 15 is 0 Å². The van der Waals surface area contributed by atoms with E-state index in [2.05, 4.69) is 4.98 Å². The van der Waals surface area contributed by atoms with Gasteiger partial charge in [-0.05, 0) is 27.9 Å². The van der Waals surface area contributed by atoms with Crippen LogP contribution in [0.3, 0.4) is 0 Å². The van der Waals surface area contributed by atoms with Gasteiger partial charge < -0.3 is 14.6 Å². The van der Waals surface area contributed by atoms with E-state index in [9.17, 15) is 13.2 Å². The average molecular weight is 318 g/mol. The van der Waals surface area contributed by atoms with Crippen molar-refractivity contribution in [3.05, 3.63) is 12.0 Å². The molecule has 0 aromatic carbocycles. The van der Waals surface area contributed by atoms with E-state index in [0.717, 1.165) is 4.31 Å². The highest BCUT2D eigenvalue weighted by molar-refractivity contribution is 7.89. The van der Waals surface area contributed by atoms with E-state index in [0.29, 0.717) is 18.9 Å². The molecule has 1 aromatic heterocycles. The summed E-state index contributed by atoms with van der Waals surface area (Å²) in [4.78, 5) is 16.7. The predicted molar refractivity (Wildman–Crippen MR) is 77.6 cm³/mol. The Kier molecular flexibility index (Phi) is 5.87. The first-order valence-corrected chi connectivity index (χ1v) is 8.03. The Morgan fingerprint density at radius 1 is 1.38 bits per heavy atom. The van der Waals surface area contributed by atoms with Crippen LogP contribution in [0, 0.1) is 6.92 Å². The Hall–Kier alpha value is -1.45. The van der Waals surface area contributed by atoms with Crippen molar-refractivity contribution in [3.63, 3.8) is 0 Å². The van der Waals surface area contributed by atoms with Crippen LogP contribution in [-0.2, 0) is 21.4 Å². The number of hydrogen-bond donors (Lipinski definition) is 1. The van der Waals surface area contributed by atoms with Gasteiger partial charge in [-0.3, -0.25) is 4.79 Å². The number of rotatable bonds is 8. The van der Waals surface area contributed by atoms with E-state index in [1.807, 2.05) is 6.92 Å². The molecule has 0 atom stereocenters. The number of likely N-dealkylation sites (N-methyl/N-ethyl adjacent to an activating group) is 1. The van der Waals surface area contributed by atoms with Crippen molar-refractivity contribution >= 4 is 16.0 Å². The summed E-state index contributed by atoms with van der Waals surface area (Å²) >= 11 is 0. The summed E-state index contributed by atoms with van der Waals surface area (Å²) in [7, 11) is -0.323. The first-order valence-electron chi connectivity index (χ1n) is 6.59. The van der Waals surface area contributed by atoms with E-state index in [4.69, 9.17) is 5.11 Å². The molecule has 9 heteroatoms. The molecule has 1 N–H and O–H groups in total. The second kappa shape index (κ2) is 7.01. The van der Waals surface area contributed by atoms with Crippen LogP contribution >= 0.6 is 0 Å². The van der Waals surface area contributed by atoms with Crippen LogP contribution in [0.2, 0.25) is 0 Å². The summed E-state index contributed by atoms with van der Waals surface area (Å²) in [5, 5.41) is 8.81. The molecule has 0 saturated heterocycles. The molecule has 0 radical (unpaired) electrons. The zero-order valence-corrected chi connectivity index (χ0v) is 13.6. The average Bonchev–Trinajstić information content (AvgIpc) is 2.75. The predicted octanol–water partition coefficient (Wildman–Crippen LogP) is -0.152. The minimum atomic E-state index is -3.91. The van der Waals surface area contributed by atoms with Crippen LogP contribution in [0.15, 0.2) is 11.2 Å². The maximum absolute atomic E-state index is 12.5. The lowest BCUT2D eigenvalue weighted by atomic mass is 10.5. The van der Waals surface area contributed by atoms with Gasteiger partial charge in [-0.1, -0.05) is 0 Å². The van der Waals surface area contributed by atoms with Crippen molar-refractivity contribution < 1.29 is 18.3 Å². The van der Waals surface area contributed by atoms with Gasteiger partial charge in [0.15, 0.2) is 5.03 Å². The van der Waals surface area contributed by atoms with Crippen molar-refractivity contribution in [1.29, 1.82) is 0 Å². The van der Waals surface area contributed by atoms with Gasteiger partial charge in [0.2, 0.25) is 0 Å². The molecule has 21 heavy (non-hydrogen) atoms. The van der Waals surface area contributed by atoms with Crippen molar-refractivity contribution in [3.8, 4) is 0 Å². The third-order valence-electron chi connectivity index (χ3n) is 3.01. The second-order valence-corrected chi connectivity index (χ2v) is 6.83. The van der Waals surface area contributed by atoms with Crippen LogP contribution in [0.4, 0.5) is 0 Å². The Balaban J connectivity index is 3.09. The van der Waals surface area contributed by atoms with E-state index in [1.54, 1.807) is 30.5 Å². The first-order chi connectivity index (χ1) is 9.68. The molecule has 1 rings (SSSR count). The van der Waals surface area contributed by atoms with Gasteiger partial charge in [-0.2, -0.15) is 4.31 Å². The van der Waals surface area contributed by atoms with Crippen molar-refractivity contribution in [2.24, 2.45) is 0 Å². The van der Waals surface area contributed by atoms with Gasteiger partial charge in [-0.25, -0.2) is 13.4 Å². The number of nitrogens with zero attached hydrogens (tertiary/aromatic N) is 4. The summed E-state index contributed by atoms with van der Waals surface area (Å²) in [5.74, 6) is -0.608. The van der Waals surface area contributed by atoms with Crippen LogP contribution < -0.4 is 0 Å². The lowest BCUT2D eigenvalue weighted by Crippen LogP contribution is -2.40. The zero-order valence-electron chi connectivity index (χ0n) is 12.8. The number of carboxylic acid groups (broad SMARTS) is 1. The van der Waals surface area contributed by atoms with Gasteiger partial charge in [0.05, 0.1) is 0 Å². The maximum atomic E-state index is 12.5. The van der Waals surface area contributed by atoms with Gasteiger partial charge in [0.1, 0.15) is 12.4 Å². The number of aryl methyl sites for hydroxylation is 2. The Bertz CT molecular complexity index is 594. The maximum Gasteiger partial charge on any atom is 0.318 e. The standard InChI is InChI=1S/C12H22N4O4S/c1-5-15-8-11(13-10(15)2)21(19,20)16(9-12(17)18)7-6-14(3)4/h8H,5-7,9H2,1-4H3,(H,17,18). The smallest absolute Gasteiger partial charge is 0.318 e. The molecule has 1 aromatic rings. The van der Waals surface area contributed by atoms with Gasteiger partial charge in [0, 0.05) is 25.8 Å². The summed E-state index contributed by atoms with van der Waals surface area (Å²) in [6.45, 7) is 4.15. The minimum absolute atomic E-state index is 0.0969. The molecule has 0 aliphatic carbocycles. The van der Waals surface area contributed by atoms with E-state index in [1.165, 1.54) is 6.20 Å². The Morgan fingerprint density at radius 2 is 2.00 bits per heavy atom. The molecule has 0 aliphatic heterocycles. The van der Waals surface area contributed by atoms with E-state index < -0.39 is 22.5 Å². The molecule has 0 saturated carbocycles. The summed E-state index contributed by atoms with van der Waals surface area (Å²) in [6, 6.07) is 0. The van der Waals surface area contributed by atoms with Gasteiger partial charge in [-0.15, -0.1) is 0 Å². The van der Waals surface area contributed by atoms with Gasteiger partial charge in [0.25, 0.3) is 10.0 Å². The highest BCUT2D eigenvalue weighted by Gasteiger charge is 2.29. The highest BCUT2D eigenvalue weighted by atomic mass is 32.2. The fraction of sp³-hybridized carbons (Fsp3) is 0.667. The van der Waals surface area contributed by atoms with Crippen LogP contribution in [-0.4, -0.2) is 72.0 Å². The molecule has 0 bridgehead atoms. The molecule has 120 valence electrons. The lowest BCUT2D eigenvalue weighted by Gasteiger charge is -2.21. The topological polar surface area (TPSA) is 95.7 Å². The molecule has 0 aliphatic rings. The molecular weight excluding hydrogens is 296 g/mol. The SMILES string of the molecule is CCn1cc(S(=O)(=O)N(CCN(C)C)CC(=O)O)nc1C. The number of hydrogen-bond acceptors (Lipinski definition) is 5. The number of imidazole rings is 1. The normalized spacial score (nSPS) is 12.3. The largest absolute Gasteiger partial charge is 0.480 e. The quantitative estimate of drug-likeness (QED) is 0.716. The van der Waals surface area contributed by atoms with Crippen LogP contribution in [0.5, 0.6) is 0 Å². The molecule has 8 nitrogen and oxygen atoms in total. The Labute approximate surface area is 125 Å².